The van der Waals surface area contributed by atoms with Crippen LogP contribution in [0.3, 0.4) is 0 Å². The number of halogens is 1. The van der Waals surface area contributed by atoms with E-state index in [9.17, 15) is 57.8 Å². The van der Waals surface area contributed by atoms with Crippen LogP contribution in [0.2, 0.25) is 0 Å². The van der Waals surface area contributed by atoms with Gasteiger partial charge >= 0.3 is 49.7 Å². The van der Waals surface area contributed by atoms with Gasteiger partial charge in [0.15, 0.2) is 11.2 Å². The molecule has 624 valence electrons. The van der Waals surface area contributed by atoms with Crippen LogP contribution in [0.4, 0.5) is 17.6 Å². The Bertz CT molecular complexity index is 5040. The van der Waals surface area contributed by atoms with E-state index in [0.717, 1.165) is 13.7 Å². The molecule has 0 aromatic carbocycles. The van der Waals surface area contributed by atoms with Crippen LogP contribution in [-0.4, -0.2) is 206 Å². The monoisotopic (exact) mass is 1810 g/mol. The van der Waals surface area contributed by atoms with Gasteiger partial charge in [-0.1, -0.05) is 39.9 Å². The van der Waals surface area contributed by atoms with E-state index in [2.05, 4.69) is 68.4 Å². The first kappa shape index (κ1) is 88.4. The van der Waals surface area contributed by atoms with Crippen molar-refractivity contribution in [2.24, 2.45) is 17.8 Å². The molecule has 0 spiro atoms. The summed E-state index contributed by atoms with van der Waals surface area (Å²) in [6.07, 6.45) is -11.1. The second-order valence-corrected chi connectivity index (χ2v) is 39.3. The molecular formula is C60H85BrN16O28P4S4. The topological polar surface area (TPSA) is 576 Å². The Hall–Kier alpha value is -5.41. The van der Waals surface area contributed by atoms with Crippen molar-refractivity contribution in [2.75, 3.05) is 89.8 Å². The van der Waals surface area contributed by atoms with Gasteiger partial charge in [0, 0.05) is 68.5 Å². The SMILES string of the molecule is Cc1cn([C@H]2C[C@@H](OP(=S)(OCCOCCOCCNC(=O)C(C)C)OC[C@H]3O[C@@H](n4ccc(N)nc4=O)C[C@H]3C(C)C)[C@@H](COP(O)(=S)O[C@@H]3C[C@H](n4cnc5c(=O)[nH]c(N)nc54)O[C@@H]3COP(=O)(S)O[C@@H]3C[C@H](n4ccc(N)nc4=O)O[C@@H]3COP(O)(=S)O[C@@H]3C[C@H](n4cc(Br)c(=O)[nH]c4=O)O[C@@H]3CO)O2)c(=O)[nH]c1=O. The van der Waals surface area contributed by atoms with Crippen molar-refractivity contribution in [1.29, 1.82) is 0 Å². The van der Waals surface area contributed by atoms with Crippen LogP contribution in [0.1, 0.15) is 96.5 Å². The number of carbonyl (C=O) groups is 1. The summed E-state index contributed by atoms with van der Waals surface area (Å²) in [5, 5.41) is 13.0. The highest BCUT2D eigenvalue weighted by Gasteiger charge is 2.49. The fourth-order valence-corrected chi connectivity index (χ4v) is 19.7. The summed E-state index contributed by atoms with van der Waals surface area (Å²) in [6.45, 7) is -11.5. The molecule has 6 aromatic rings. The number of aromatic amines is 3. The number of imidazole rings is 1. The van der Waals surface area contributed by atoms with Gasteiger partial charge in [-0.05, 0) is 88.7 Å². The maximum atomic E-state index is 14.7. The average molecular weight is 1810 g/mol. The summed E-state index contributed by atoms with van der Waals surface area (Å²) in [5.41, 5.74) is 12.2. The number of anilines is 3. The molecule has 0 radical (unpaired) electrons. The number of nitrogens with two attached hydrogens (primary N) is 3. The summed E-state index contributed by atoms with van der Waals surface area (Å²) in [7, 11) is 0. The number of carbonyl (C=O) groups excluding carboxylic acids is 1. The number of aryl methyl sites for hydroxylation is 1. The Morgan fingerprint density at radius 1 is 0.611 bits per heavy atom. The highest BCUT2D eigenvalue weighted by Crippen LogP contribution is 2.59. The van der Waals surface area contributed by atoms with Gasteiger partial charge < -0.3 is 102 Å². The molecule has 0 saturated carbocycles. The number of aromatic nitrogens is 12. The number of amides is 1. The molecule has 11 rings (SSSR count). The van der Waals surface area contributed by atoms with E-state index in [1.807, 2.05) is 13.8 Å². The third-order valence-corrected chi connectivity index (χ3v) is 26.2. The Labute approximate surface area is 669 Å². The molecule has 5 aliphatic rings. The lowest BCUT2D eigenvalue weighted by atomic mass is 9.89. The van der Waals surface area contributed by atoms with Crippen molar-refractivity contribution in [3.8, 4) is 0 Å². The molecule has 11 heterocycles. The molecule has 19 atom stereocenters. The maximum absolute atomic E-state index is 14.7. The zero-order valence-electron chi connectivity index (χ0n) is 60.8. The first-order chi connectivity index (χ1) is 53.4. The van der Waals surface area contributed by atoms with Crippen LogP contribution in [0.25, 0.3) is 11.2 Å². The smallest absolute Gasteiger partial charge is 0.386 e. The van der Waals surface area contributed by atoms with Crippen molar-refractivity contribution in [3.63, 3.8) is 0 Å². The number of nitrogen functional groups attached to an aromatic ring is 3. The van der Waals surface area contributed by atoms with Gasteiger partial charge in [-0.25, -0.2) is 28.7 Å². The fourth-order valence-electron chi connectivity index (χ4n) is 12.8. The number of H-pyrrole nitrogens is 3. The van der Waals surface area contributed by atoms with E-state index in [1.165, 1.54) is 59.3 Å². The van der Waals surface area contributed by atoms with Gasteiger partial charge in [-0.15, -0.1) is 0 Å². The molecule has 0 aliphatic carbocycles. The highest BCUT2D eigenvalue weighted by atomic mass is 79.9. The number of ether oxygens (including phenoxy) is 7. The molecule has 53 heteroatoms. The van der Waals surface area contributed by atoms with Crippen molar-refractivity contribution in [3.05, 3.63) is 126 Å². The molecule has 5 aliphatic heterocycles. The number of hydrogen-bond donors (Lipinski definition) is 11. The van der Waals surface area contributed by atoms with Gasteiger partial charge in [0.1, 0.15) is 73.3 Å². The number of nitrogens with one attached hydrogen (secondary N) is 4. The predicted octanol–water partition coefficient (Wildman–Crippen LogP) is 1.38. The molecule has 5 fully saturated rings. The standard InChI is InChI=1S/C60H85BrN16O28P4S4/c1-29(2)32-16-45(73-9-6-43(62)67-57(73)83)98-39(32)24-96-109(113,92-15-14-91-13-12-90-11-8-65-52(79)30(3)4)105-37-20-47(75-21-31(5)53(80)71-59(75)85)100-42(37)27-95-108(89,112)104-36-19-49(77-28-66-50-51(77)69-56(64)70-55(50)82)101-41(36)26-94-107(88,111)103-35-18-46(74-10-7-44(63)68-58(74)84)99-40(35)25-93-106(87,110)102-34-17-48(97-38(34)23-78)76-22-33(61)54(81)72-60(76)86/h6-7,9-10,21-22,28-30,32,34-42,45-49,78H,8,11-20,23-27H2,1-5H3,(H,65,79)(H,87,110)(H,88,111)(H,89,112)(H2,62,67,83)(H2,63,68,84)(H,71,80,85)(H,72,81,86)(H3,64,69,70,82)/t32-,34+,35+,36+,37+,38+,39+,40+,41+,42+,45+,46+,47+,48+,49+,106?,107?,108?,109?/m0/s1. The van der Waals surface area contributed by atoms with E-state index in [0.29, 0.717) is 6.42 Å². The van der Waals surface area contributed by atoms with E-state index in [4.69, 9.17) is 126 Å². The second kappa shape index (κ2) is 38.1. The minimum absolute atomic E-state index is 0.0122. The lowest BCUT2D eigenvalue weighted by Crippen LogP contribution is -2.33. The number of hydrogen-bond acceptors (Lipinski definition) is 36. The lowest BCUT2D eigenvalue weighted by Gasteiger charge is -2.30. The zero-order valence-corrected chi connectivity index (χ0v) is 69.3. The first-order valence-corrected chi connectivity index (χ1v) is 46.3. The zero-order chi connectivity index (χ0) is 81.6. The number of nitrogens with zero attached hydrogens (tertiary/aromatic N) is 9. The van der Waals surface area contributed by atoms with Crippen LogP contribution in [0.15, 0.2) is 81.3 Å². The summed E-state index contributed by atoms with van der Waals surface area (Å²) < 4.78 is 119. The van der Waals surface area contributed by atoms with E-state index >= 15 is 0 Å². The van der Waals surface area contributed by atoms with Crippen molar-refractivity contribution < 1.29 is 98.1 Å². The third kappa shape index (κ3) is 22.9. The number of aliphatic hydroxyl groups excluding tert-OH is 1. The minimum Gasteiger partial charge on any atom is -0.394 e. The molecule has 4 unspecified atom stereocenters. The van der Waals surface area contributed by atoms with E-state index in [1.54, 1.807) is 13.8 Å². The normalized spacial score (nSPS) is 27.5. The lowest BCUT2D eigenvalue weighted by molar-refractivity contribution is -0.124. The largest absolute Gasteiger partial charge is 0.394 e. The highest BCUT2D eigenvalue weighted by molar-refractivity contribution is 9.10. The first-order valence-electron chi connectivity index (χ1n) is 35.0. The van der Waals surface area contributed by atoms with E-state index in [-0.39, 0.29) is 134 Å². The molecule has 1 amide bonds. The summed E-state index contributed by atoms with van der Waals surface area (Å²) in [4.78, 5) is 149. The van der Waals surface area contributed by atoms with Crippen molar-refractivity contribution >= 4 is 125 Å². The fraction of sp³-hybridized carbons (Fsp3) is 0.633. The Balaban J connectivity index is 0.810. The number of thiol groups is 1. The van der Waals surface area contributed by atoms with Gasteiger partial charge in [0.2, 0.25) is 11.9 Å². The Morgan fingerprint density at radius 2 is 1.09 bits per heavy atom. The van der Waals surface area contributed by atoms with Gasteiger partial charge in [0.05, 0.1) is 101 Å². The summed E-state index contributed by atoms with van der Waals surface area (Å²) >= 11 is 24.7. The third-order valence-electron chi connectivity index (χ3n) is 18.4. The number of rotatable bonds is 38. The van der Waals surface area contributed by atoms with Gasteiger partial charge in [0.25, 0.3) is 16.7 Å². The minimum atomic E-state index is -4.74. The number of fused-ring (bicyclic) bond motifs is 1. The molecular weight excluding hydrogens is 1720 g/mol. The quantitative estimate of drug-likeness (QED) is 0.0148. The van der Waals surface area contributed by atoms with Crippen molar-refractivity contribution in [2.45, 2.75) is 153 Å². The second-order valence-electron chi connectivity index (χ2n) is 27.0. The Kier molecular flexibility index (Phi) is 29.8. The van der Waals surface area contributed by atoms with E-state index < -0.39 is 179 Å². The maximum Gasteiger partial charge on any atom is 0.386 e. The van der Waals surface area contributed by atoms with Gasteiger partial charge in [-0.2, -0.15) is 15.0 Å². The molecule has 0 bridgehead atoms. The summed E-state index contributed by atoms with van der Waals surface area (Å²) in [5.74, 6) is -0.979. The Morgan fingerprint density at radius 3 is 1.65 bits per heavy atom. The van der Waals surface area contributed by atoms with Crippen LogP contribution in [-0.2, 0) is 119 Å². The molecule has 6 aromatic heterocycles. The molecule has 113 heavy (non-hydrogen) atoms. The molecule has 13 N–H and O–H groups in total. The van der Waals surface area contributed by atoms with Crippen LogP contribution >= 0.6 is 55.1 Å². The van der Waals surface area contributed by atoms with Crippen LogP contribution < -0.4 is 62.0 Å². The van der Waals surface area contributed by atoms with Crippen molar-refractivity contribution in [1.82, 2.24) is 63.0 Å². The number of aliphatic hydroxyl groups is 1. The summed E-state index contributed by atoms with van der Waals surface area (Å²) in [6, 6.07) is 2.77. The van der Waals surface area contributed by atoms with Gasteiger partial charge in [-0.3, -0.25) is 66.0 Å². The molecule has 44 nitrogen and oxygen atoms in total. The predicted molar refractivity (Wildman–Crippen MR) is 414 cm³/mol. The van der Waals surface area contributed by atoms with Crippen LogP contribution in [0, 0.1) is 24.7 Å². The average Bonchev–Trinajstić information content (AvgIpc) is 1.63. The molecule has 5 saturated heterocycles. The van der Waals surface area contributed by atoms with Crippen LogP contribution in [0.5, 0.6) is 0 Å².